The van der Waals surface area contributed by atoms with Crippen LogP contribution < -0.4 is 10.1 Å². The number of benzene rings is 2. The van der Waals surface area contributed by atoms with E-state index < -0.39 is 0 Å². The van der Waals surface area contributed by atoms with Crippen LogP contribution in [0.1, 0.15) is 29.7 Å². The summed E-state index contributed by atoms with van der Waals surface area (Å²) < 4.78 is 8.87. The van der Waals surface area contributed by atoms with Gasteiger partial charge in [0.05, 0.1) is 12.3 Å². The molecule has 0 bridgehead atoms. The molecule has 0 aromatic heterocycles. The Balaban J connectivity index is 1.60. The highest BCUT2D eigenvalue weighted by Gasteiger charge is 2.09. The van der Waals surface area contributed by atoms with Crippen molar-refractivity contribution in [3.8, 4) is 5.75 Å². The second kappa shape index (κ2) is 9.41. The lowest BCUT2D eigenvalue weighted by atomic mass is 10.1. The lowest BCUT2D eigenvalue weighted by molar-refractivity contribution is -0.117. The Morgan fingerprint density at radius 2 is 2.04 bits per heavy atom. The number of carbonyl (C=O) groups is 1. The van der Waals surface area contributed by atoms with Crippen LogP contribution in [0.15, 0.2) is 69.9 Å². The number of carbonyl (C=O) groups excluding carboxylic acids is 1. The van der Waals surface area contributed by atoms with E-state index in [2.05, 4.69) is 14.4 Å². The highest BCUT2D eigenvalue weighted by molar-refractivity contribution is 14.2. The summed E-state index contributed by atoms with van der Waals surface area (Å²) in [6, 6.07) is 15.7. The summed E-state index contributed by atoms with van der Waals surface area (Å²) in [6.45, 7) is 4.00. The van der Waals surface area contributed by atoms with Crippen molar-refractivity contribution in [1.29, 1.82) is 0 Å². The number of nitrogens with one attached hydrogen (secondary N) is 1. The Labute approximate surface area is 169 Å². The molecule has 1 atom stereocenters. The summed E-state index contributed by atoms with van der Waals surface area (Å²) >= 11 is -0.261. The quantitative estimate of drug-likeness (QED) is 0.480. The fourth-order valence-electron chi connectivity index (χ4n) is 2.46. The van der Waals surface area contributed by atoms with Crippen molar-refractivity contribution >= 4 is 42.6 Å². The monoisotopic (exact) mass is 472 g/mol. The molecular formula is C22H21IN2O2. The molecule has 0 saturated carbocycles. The van der Waals surface area contributed by atoms with Crippen LogP contribution in [0.3, 0.4) is 0 Å². The van der Waals surface area contributed by atoms with Crippen molar-refractivity contribution in [1.82, 2.24) is 5.32 Å². The van der Waals surface area contributed by atoms with E-state index in [9.17, 15) is 4.79 Å². The first-order valence-corrected chi connectivity index (χ1v) is 10.9. The van der Waals surface area contributed by atoms with Gasteiger partial charge in [-0.25, -0.2) is 0 Å². The van der Waals surface area contributed by atoms with Gasteiger partial charge in [0.2, 0.25) is 5.91 Å². The molecule has 1 amide bonds. The second-order valence-corrected chi connectivity index (χ2v) is 8.52. The van der Waals surface area contributed by atoms with E-state index in [1.165, 1.54) is 5.56 Å². The molecule has 1 aliphatic rings. The van der Waals surface area contributed by atoms with E-state index in [0.717, 1.165) is 20.6 Å². The van der Waals surface area contributed by atoms with Gasteiger partial charge in [0.25, 0.3) is 0 Å². The Hall–Kier alpha value is -2.54. The molecule has 1 heterocycles. The van der Waals surface area contributed by atoms with Gasteiger partial charge in [-0.05, 0) is 68.0 Å². The van der Waals surface area contributed by atoms with Gasteiger partial charge in [-0.1, -0.05) is 42.0 Å². The largest absolute Gasteiger partial charge is 0.450 e. The van der Waals surface area contributed by atoms with Crippen molar-refractivity contribution in [3.05, 3.63) is 81.6 Å². The first kappa shape index (κ1) is 19.2. The van der Waals surface area contributed by atoms with Gasteiger partial charge in [0.1, 0.15) is 5.75 Å². The summed E-state index contributed by atoms with van der Waals surface area (Å²) in [4.78, 5) is 16.3. The van der Waals surface area contributed by atoms with Crippen LogP contribution in [-0.2, 0) is 4.79 Å². The van der Waals surface area contributed by atoms with Crippen molar-refractivity contribution < 1.29 is 9.53 Å². The van der Waals surface area contributed by atoms with Gasteiger partial charge in [-0.3, -0.25) is 9.79 Å². The normalized spacial score (nSPS) is 14.4. The molecule has 0 spiro atoms. The molecule has 2 aromatic carbocycles. The van der Waals surface area contributed by atoms with Gasteiger partial charge in [-0.15, -0.1) is 0 Å². The maximum absolute atomic E-state index is 12.2. The van der Waals surface area contributed by atoms with Gasteiger partial charge in [0.15, 0.2) is 3.69 Å². The number of rotatable bonds is 6. The summed E-state index contributed by atoms with van der Waals surface area (Å²) in [7, 11) is 0. The molecular weight excluding hydrogens is 451 g/mol. The second-order valence-electron chi connectivity index (χ2n) is 6.12. The van der Waals surface area contributed by atoms with Crippen LogP contribution in [-0.4, -0.2) is 15.8 Å². The Kier molecular flexibility index (Phi) is 6.70. The third kappa shape index (κ3) is 5.99. The molecule has 27 heavy (non-hydrogen) atoms. The van der Waals surface area contributed by atoms with Crippen LogP contribution in [0.25, 0.3) is 6.08 Å². The Morgan fingerprint density at radius 3 is 2.78 bits per heavy atom. The van der Waals surface area contributed by atoms with E-state index >= 15 is 0 Å². The zero-order valence-corrected chi connectivity index (χ0v) is 17.4. The molecule has 4 nitrogen and oxygen atoms in total. The molecule has 0 unspecified atom stereocenters. The highest BCUT2D eigenvalue weighted by Crippen LogP contribution is 2.21. The zero-order chi connectivity index (χ0) is 19.1. The van der Waals surface area contributed by atoms with Crippen molar-refractivity contribution in [2.24, 2.45) is 4.99 Å². The minimum atomic E-state index is -0.261. The fraction of sp³-hybridized carbons (Fsp3) is 0.136. The zero-order valence-electron chi connectivity index (χ0n) is 15.2. The molecule has 0 saturated heterocycles. The molecule has 0 aliphatic carbocycles. The third-order valence-electron chi connectivity index (χ3n) is 3.93. The SMILES string of the molecule is Cc1ccc(/C=C/C(=O)N[C@@H](C)c2cccc(OC3=IC=CN=C3)c2)cc1. The third-order valence-corrected chi connectivity index (χ3v) is 5.72. The molecule has 3 rings (SSSR count). The van der Waals surface area contributed by atoms with Crippen LogP contribution in [0.4, 0.5) is 0 Å². The average Bonchev–Trinajstić information content (AvgIpc) is 2.68. The number of aliphatic imine (C=N–C) groups is 1. The summed E-state index contributed by atoms with van der Waals surface area (Å²) in [5.41, 5.74) is 3.19. The molecule has 0 radical (unpaired) electrons. The van der Waals surface area contributed by atoms with E-state index in [1.807, 2.05) is 68.5 Å². The predicted octanol–water partition coefficient (Wildman–Crippen LogP) is 4.92. The van der Waals surface area contributed by atoms with Crippen LogP contribution >= 0.6 is 20.7 Å². The smallest absolute Gasteiger partial charge is 0.244 e. The van der Waals surface area contributed by atoms with Crippen LogP contribution in [0, 0.1) is 6.92 Å². The minimum absolute atomic E-state index is 0.122. The standard InChI is InChI=1S/C22H21IN2O2/c1-16-6-8-18(9-7-16)10-11-22(26)25-17(2)19-4-3-5-20(14-19)27-21-15-24-13-12-23-21/h3-15,17H,1-2H3,(H,25,26)/b11-10+/t17-/m0/s1. The minimum Gasteiger partial charge on any atom is -0.450 e. The lowest BCUT2D eigenvalue weighted by Gasteiger charge is -2.14. The topological polar surface area (TPSA) is 50.7 Å². The van der Waals surface area contributed by atoms with Gasteiger partial charge >= 0.3 is 0 Å². The first-order valence-electron chi connectivity index (χ1n) is 8.62. The number of amides is 1. The molecule has 5 heteroatoms. The van der Waals surface area contributed by atoms with Crippen molar-refractivity contribution in [3.63, 3.8) is 0 Å². The van der Waals surface area contributed by atoms with Gasteiger partial charge in [-0.2, -0.15) is 0 Å². The average molecular weight is 472 g/mol. The van der Waals surface area contributed by atoms with Gasteiger partial charge in [0, 0.05) is 12.3 Å². The molecule has 138 valence electrons. The number of halogens is 1. The maximum Gasteiger partial charge on any atom is 0.244 e. The van der Waals surface area contributed by atoms with Crippen molar-refractivity contribution in [2.45, 2.75) is 19.9 Å². The number of aryl methyl sites for hydroxylation is 1. The van der Waals surface area contributed by atoms with Crippen molar-refractivity contribution in [2.75, 3.05) is 0 Å². The van der Waals surface area contributed by atoms with E-state index in [4.69, 9.17) is 4.74 Å². The van der Waals surface area contributed by atoms with Crippen LogP contribution in [0.5, 0.6) is 5.75 Å². The number of hydrogen-bond donors (Lipinski definition) is 1. The van der Waals surface area contributed by atoms with E-state index in [0.29, 0.717) is 0 Å². The summed E-state index contributed by atoms with van der Waals surface area (Å²) in [5, 5.41) is 2.99. The number of nitrogens with zero attached hydrogens (tertiary/aromatic N) is 1. The summed E-state index contributed by atoms with van der Waals surface area (Å²) in [5.74, 6) is 0.638. The lowest BCUT2D eigenvalue weighted by Crippen LogP contribution is -2.24. The fourth-order valence-corrected chi connectivity index (χ4v) is 3.86. The summed E-state index contributed by atoms with van der Waals surface area (Å²) in [6.07, 6.45) is 6.95. The first-order chi connectivity index (χ1) is 13.1. The van der Waals surface area contributed by atoms with E-state index in [-0.39, 0.29) is 32.7 Å². The Bertz CT molecular complexity index is 928. The molecule has 2 aromatic rings. The molecule has 1 N–H and O–H groups in total. The highest BCUT2D eigenvalue weighted by atomic mass is 127. The number of hydrogen-bond acceptors (Lipinski definition) is 3. The molecule has 1 aliphatic heterocycles. The Morgan fingerprint density at radius 1 is 1.22 bits per heavy atom. The van der Waals surface area contributed by atoms with Gasteiger partial charge < -0.3 is 10.1 Å². The number of ether oxygens (including phenoxy) is 1. The predicted molar refractivity (Wildman–Crippen MR) is 120 cm³/mol. The van der Waals surface area contributed by atoms with Crippen LogP contribution in [0.2, 0.25) is 0 Å². The molecule has 0 fully saturated rings. The maximum atomic E-state index is 12.2. The van der Waals surface area contributed by atoms with E-state index in [1.54, 1.807) is 18.5 Å².